The van der Waals surface area contributed by atoms with Gasteiger partial charge >= 0.3 is 0 Å². The van der Waals surface area contributed by atoms with Crippen molar-refractivity contribution in [1.82, 2.24) is 5.32 Å². The number of carbonyl (C=O) groups is 1. The first-order chi connectivity index (χ1) is 7.95. The maximum atomic E-state index is 12.0. The highest BCUT2D eigenvalue weighted by atomic mass is 35.5. The maximum absolute atomic E-state index is 12.0. The summed E-state index contributed by atoms with van der Waals surface area (Å²) in [5.74, 6) is 0.555. The van der Waals surface area contributed by atoms with Crippen molar-refractivity contribution in [3.63, 3.8) is 0 Å². The molecule has 0 aliphatic heterocycles. The number of carbonyl (C=O) groups excluding carboxylic acids is 1. The van der Waals surface area contributed by atoms with E-state index in [1.54, 1.807) is 19.2 Å². The zero-order valence-corrected chi connectivity index (χ0v) is 11.4. The molecule has 0 fully saturated rings. The van der Waals surface area contributed by atoms with Gasteiger partial charge in [0.1, 0.15) is 5.75 Å². The van der Waals surface area contributed by atoms with Crippen LogP contribution in [0.15, 0.2) is 12.1 Å². The van der Waals surface area contributed by atoms with Crippen LogP contribution >= 0.6 is 11.6 Å². The summed E-state index contributed by atoms with van der Waals surface area (Å²) in [7, 11) is 1.55. The lowest BCUT2D eigenvalue weighted by atomic mass is 10.1. The van der Waals surface area contributed by atoms with Gasteiger partial charge in [-0.3, -0.25) is 4.79 Å². The van der Waals surface area contributed by atoms with Gasteiger partial charge in [0.25, 0.3) is 0 Å². The SMILES string of the molecule is COc1cc(C)c(Cl)cc1C(=O)CNC(C)C. The third kappa shape index (κ3) is 3.72. The number of aryl methyl sites for hydroxylation is 1. The van der Waals surface area contributed by atoms with Crippen molar-refractivity contribution >= 4 is 17.4 Å². The van der Waals surface area contributed by atoms with Crippen molar-refractivity contribution in [1.29, 1.82) is 0 Å². The van der Waals surface area contributed by atoms with E-state index < -0.39 is 0 Å². The highest BCUT2D eigenvalue weighted by Gasteiger charge is 2.14. The number of rotatable bonds is 5. The largest absolute Gasteiger partial charge is 0.496 e. The van der Waals surface area contributed by atoms with E-state index in [9.17, 15) is 4.79 Å². The lowest BCUT2D eigenvalue weighted by Gasteiger charge is -2.12. The molecule has 0 amide bonds. The van der Waals surface area contributed by atoms with Crippen molar-refractivity contribution in [3.8, 4) is 5.75 Å². The molecule has 0 spiro atoms. The van der Waals surface area contributed by atoms with E-state index in [1.165, 1.54) is 0 Å². The molecule has 0 saturated heterocycles. The normalized spacial score (nSPS) is 10.7. The number of methoxy groups -OCH3 is 1. The summed E-state index contributed by atoms with van der Waals surface area (Å²) in [4.78, 5) is 12.0. The molecule has 0 aliphatic rings. The van der Waals surface area contributed by atoms with E-state index in [-0.39, 0.29) is 18.4 Å². The quantitative estimate of drug-likeness (QED) is 0.823. The van der Waals surface area contributed by atoms with Gasteiger partial charge in [-0.2, -0.15) is 0 Å². The molecular weight excluding hydrogens is 238 g/mol. The van der Waals surface area contributed by atoms with Crippen LogP contribution in [0.5, 0.6) is 5.75 Å². The summed E-state index contributed by atoms with van der Waals surface area (Å²) in [5.41, 5.74) is 1.42. The highest BCUT2D eigenvalue weighted by Crippen LogP contribution is 2.26. The fraction of sp³-hybridized carbons (Fsp3) is 0.462. The lowest BCUT2D eigenvalue weighted by molar-refractivity contribution is 0.0985. The van der Waals surface area contributed by atoms with Gasteiger partial charge in [0.2, 0.25) is 0 Å². The molecule has 1 N–H and O–H groups in total. The predicted molar refractivity (Wildman–Crippen MR) is 70.2 cm³/mol. The standard InChI is InChI=1S/C13H18ClNO2/c1-8(2)15-7-12(16)10-6-11(14)9(3)5-13(10)17-4/h5-6,8,15H,7H2,1-4H3. The van der Waals surface area contributed by atoms with Gasteiger partial charge in [-0.1, -0.05) is 25.4 Å². The lowest BCUT2D eigenvalue weighted by Crippen LogP contribution is -2.29. The monoisotopic (exact) mass is 255 g/mol. The Bertz CT molecular complexity index is 416. The van der Waals surface area contributed by atoms with Crippen LogP contribution in [0, 0.1) is 6.92 Å². The van der Waals surface area contributed by atoms with E-state index in [4.69, 9.17) is 16.3 Å². The van der Waals surface area contributed by atoms with Crippen LogP contribution in [-0.2, 0) is 0 Å². The summed E-state index contributed by atoms with van der Waals surface area (Å²) in [5, 5.41) is 3.66. The van der Waals surface area contributed by atoms with E-state index >= 15 is 0 Å². The van der Waals surface area contributed by atoms with Crippen molar-refractivity contribution in [2.45, 2.75) is 26.8 Å². The second kappa shape index (κ2) is 6.03. The second-order valence-corrected chi connectivity index (χ2v) is 4.67. The second-order valence-electron chi connectivity index (χ2n) is 4.26. The van der Waals surface area contributed by atoms with Crippen LogP contribution in [0.4, 0.5) is 0 Å². The minimum Gasteiger partial charge on any atom is -0.496 e. The fourth-order valence-electron chi connectivity index (χ4n) is 1.43. The van der Waals surface area contributed by atoms with Crippen LogP contribution in [0.1, 0.15) is 29.8 Å². The summed E-state index contributed by atoms with van der Waals surface area (Å²) < 4.78 is 5.20. The van der Waals surface area contributed by atoms with Crippen LogP contribution in [0.3, 0.4) is 0 Å². The molecule has 0 aromatic heterocycles. The highest BCUT2D eigenvalue weighted by molar-refractivity contribution is 6.31. The van der Waals surface area contributed by atoms with Crippen molar-refractivity contribution in [2.24, 2.45) is 0 Å². The zero-order chi connectivity index (χ0) is 13.0. The molecule has 17 heavy (non-hydrogen) atoms. The Morgan fingerprint density at radius 1 is 1.47 bits per heavy atom. The van der Waals surface area contributed by atoms with Crippen molar-refractivity contribution < 1.29 is 9.53 Å². The summed E-state index contributed by atoms with van der Waals surface area (Å²) in [6, 6.07) is 3.72. The Hall–Kier alpha value is -1.06. The number of benzene rings is 1. The van der Waals surface area contributed by atoms with E-state index in [2.05, 4.69) is 5.32 Å². The third-order valence-corrected chi connectivity index (χ3v) is 2.86. The van der Waals surface area contributed by atoms with Crippen LogP contribution in [0.25, 0.3) is 0 Å². The molecule has 0 atom stereocenters. The van der Waals surface area contributed by atoms with Gasteiger partial charge < -0.3 is 10.1 Å². The number of hydrogen-bond donors (Lipinski definition) is 1. The van der Waals surface area contributed by atoms with Crippen LogP contribution in [-0.4, -0.2) is 25.5 Å². The first-order valence-corrected chi connectivity index (χ1v) is 5.94. The predicted octanol–water partition coefficient (Wildman–Crippen LogP) is 2.84. The molecule has 94 valence electrons. The Morgan fingerprint density at radius 2 is 2.12 bits per heavy atom. The molecule has 0 saturated carbocycles. The molecule has 0 heterocycles. The van der Waals surface area contributed by atoms with Crippen molar-refractivity contribution in [2.75, 3.05) is 13.7 Å². The molecule has 1 aromatic rings. The molecular formula is C13H18ClNO2. The number of hydrogen-bond acceptors (Lipinski definition) is 3. The summed E-state index contributed by atoms with van der Waals surface area (Å²) in [6.07, 6.45) is 0. The number of Topliss-reactive ketones (excluding diaryl/α,β-unsaturated/α-hetero) is 1. The minimum atomic E-state index is -0.0162. The van der Waals surface area contributed by atoms with E-state index in [0.717, 1.165) is 5.56 Å². The van der Waals surface area contributed by atoms with Gasteiger partial charge in [-0.05, 0) is 24.6 Å². The fourth-order valence-corrected chi connectivity index (χ4v) is 1.60. The number of halogens is 1. The first-order valence-electron chi connectivity index (χ1n) is 5.56. The van der Waals surface area contributed by atoms with Gasteiger partial charge in [-0.25, -0.2) is 0 Å². The molecule has 0 radical (unpaired) electrons. The van der Waals surface area contributed by atoms with Crippen LogP contribution < -0.4 is 10.1 Å². The minimum absolute atomic E-state index is 0.0162. The average Bonchev–Trinajstić information content (AvgIpc) is 2.28. The first kappa shape index (κ1) is 14.0. The molecule has 1 rings (SSSR count). The Labute approximate surface area is 107 Å². The molecule has 0 unspecified atom stereocenters. The maximum Gasteiger partial charge on any atom is 0.180 e. The third-order valence-electron chi connectivity index (χ3n) is 2.45. The molecule has 4 heteroatoms. The Morgan fingerprint density at radius 3 is 2.65 bits per heavy atom. The van der Waals surface area contributed by atoms with Gasteiger partial charge in [0.05, 0.1) is 19.2 Å². The van der Waals surface area contributed by atoms with Crippen LogP contribution in [0.2, 0.25) is 5.02 Å². The van der Waals surface area contributed by atoms with E-state index in [0.29, 0.717) is 16.3 Å². The summed E-state index contributed by atoms with van der Waals surface area (Å²) in [6.45, 7) is 6.15. The molecule has 0 bridgehead atoms. The summed E-state index contributed by atoms with van der Waals surface area (Å²) >= 11 is 6.02. The van der Waals surface area contributed by atoms with Gasteiger partial charge in [0.15, 0.2) is 5.78 Å². The van der Waals surface area contributed by atoms with Gasteiger partial charge in [-0.15, -0.1) is 0 Å². The molecule has 1 aromatic carbocycles. The number of ketones is 1. The Kier molecular flexibility index (Phi) is 4.97. The van der Waals surface area contributed by atoms with E-state index in [1.807, 2.05) is 20.8 Å². The van der Waals surface area contributed by atoms with Crippen molar-refractivity contribution in [3.05, 3.63) is 28.3 Å². The topological polar surface area (TPSA) is 38.3 Å². The molecule has 0 aliphatic carbocycles. The van der Waals surface area contributed by atoms with Gasteiger partial charge in [0, 0.05) is 11.1 Å². The molecule has 3 nitrogen and oxygen atoms in total. The number of ether oxygens (including phenoxy) is 1. The Balaban J connectivity index is 2.96. The smallest absolute Gasteiger partial charge is 0.180 e. The zero-order valence-electron chi connectivity index (χ0n) is 10.6. The number of nitrogens with one attached hydrogen (secondary N) is 1. The average molecular weight is 256 g/mol.